The van der Waals surface area contributed by atoms with Crippen LogP contribution in [0.4, 0.5) is 17.1 Å². The van der Waals surface area contributed by atoms with E-state index in [1.54, 1.807) is 72.8 Å². The Hall–Kier alpha value is -7.22. The van der Waals surface area contributed by atoms with Crippen LogP contribution in [0.15, 0.2) is 236 Å². The lowest BCUT2D eigenvalue weighted by Crippen LogP contribution is -2.09. The van der Waals surface area contributed by atoms with Crippen LogP contribution in [0.2, 0.25) is 0 Å². The lowest BCUT2D eigenvalue weighted by Gasteiger charge is -2.26. The Kier molecular flexibility index (Phi) is 6.37. The quantitative estimate of drug-likeness (QED) is 0.144. The minimum atomic E-state index is -0.679. The second-order valence-electron chi connectivity index (χ2n) is 12.7. The van der Waals surface area contributed by atoms with E-state index >= 15 is 0 Å². The highest BCUT2D eigenvalue weighted by Crippen LogP contribution is 2.43. The maximum absolute atomic E-state index is 9.71. The first-order chi connectivity index (χ1) is 32.3. The topological polar surface area (TPSA) is 3.24 Å². The summed E-state index contributed by atoms with van der Waals surface area (Å²) in [6.45, 7) is 0. The Morgan fingerprint density at radius 1 is 0.218 bits per heavy atom. The predicted octanol–water partition coefficient (Wildman–Crippen LogP) is 15.2. The van der Waals surface area contributed by atoms with Crippen molar-refractivity contribution in [2.45, 2.75) is 0 Å². The van der Waals surface area contributed by atoms with Crippen molar-refractivity contribution < 1.29 is 16.4 Å². The highest BCUT2D eigenvalue weighted by atomic mass is 15.1. The standard InChI is InChI=1S/C54H39N/c1-4-16-40(17-5-1)42-28-34-46(35-29-42)55(47-36-30-43(31-37-47)41-18-6-2-7-19-41)48-38-32-45(33-39-48)50-23-11-13-25-52(50)54-27-15-14-26-53(54)51-24-12-10-22-49(51)44-20-8-3-9-21-44/h1-39H/i28D,29D,30D,31D,32D,33D,34D,35D,36D,37D,38D,39D. The normalized spacial score (nSPS) is 14.0. The fourth-order valence-corrected chi connectivity index (χ4v) is 6.70. The third-order valence-corrected chi connectivity index (χ3v) is 9.35. The molecule has 0 aromatic heterocycles. The van der Waals surface area contributed by atoms with E-state index in [-0.39, 0.29) is 16.7 Å². The van der Waals surface area contributed by atoms with Crippen molar-refractivity contribution in [2.75, 3.05) is 4.90 Å². The first-order valence-corrected chi connectivity index (χ1v) is 17.9. The Labute approximate surface area is 341 Å². The van der Waals surface area contributed by atoms with Crippen molar-refractivity contribution in [3.8, 4) is 66.8 Å². The van der Waals surface area contributed by atoms with Crippen molar-refractivity contribution in [1.29, 1.82) is 0 Å². The molecule has 0 radical (unpaired) electrons. The maximum atomic E-state index is 9.71. The first kappa shape index (κ1) is 22.8. The van der Waals surface area contributed by atoms with Gasteiger partial charge in [-0.15, -0.1) is 0 Å². The summed E-state index contributed by atoms with van der Waals surface area (Å²) >= 11 is 0. The van der Waals surface area contributed by atoms with Gasteiger partial charge in [0.05, 0.1) is 16.4 Å². The summed E-state index contributed by atoms with van der Waals surface area (Å²) in [5.74, 6) is 0. The van der Waals surface area contributed by atoms with Gasteiger partial charge in [0.15, 0.2) is 0 Å². The van der Waals surface area contributed by atoms with Crippen LogP contribution in [0, 0.1) is 0 Å². The van der Waals surface area contributed by atoms with Crippen LogP contribution in [-0.4, -0.2) is 0 Å². The van der Waals surface area contributed by atoms with Gasteiger partial charge in [0.2, 0.25) is 0 Å². The molecule has 0 amide bonds. The van der Waals surface area contributed by atoms with E-state index in [2.05, 4.69) is 0 Å². The van der Waals surface area contributed by atoms with E-state index in [9.17, 15) is 16.4 Å². The maximum Gasteiger partial charge on any atom is 0.0645 e. The molecule has 0 atom stereocenters. The van der Waals surface area contributed by atoms with Gasteiger partial charge in [-0.1, -0.05) is 200 Å². The summed E-state index contributed by atoms with van der Waals surface area (Å²) in [6, 6.07) is 42.5. The lowest BCUT2D eigenvalue weighted by molar-refractivity contribution is 1.28. The van der Waals surface area contributed by atoms with Crippen LogP contribution in [0.3, 0.4) is 0 Å². The molecule has 9 aromatic rings. The molecule has 9 aromatic carbocycles. The SMILES string of the molecule is [2H]c1c([2H])c(N(c2c([2H])c([2H])c(-c3ccccc3)c([2H])c2[2H])c2c([2H])c([2H])c(-c3ccccc3-c3ccccc3-c3ccccc3-c3ccccc3)c([2H])c2[2H])c([2H])c([2H])c1-c1ccccc1. The van der Waals surface area contributed by atoms with Crippen LogP contribution in [0.5, 0.6) is 0 Å². The van der Waals surface area contributed by atoms with Gasteiger partial charge in [0.25, 0.3) is 0 Å². The van der Waals surface area contributed by atoms with E-state index in [4.69, 9.17) is 0 Å². The molecule has 0 heterocycles. The molecule has 0 N–H and O–H groups in total. The van der Waals surface area contributed by atoms with Gasteiger partial charge < -0.3 is 4.90 Å². The molecule has 260 valence electrons. The molecular formula is C54H39N. The number of hydrogen-bond acceptors (Lipinski definition) is 1. The number of nitrogens with zero attached hydrogens (tertiary/aromatic N) is 1. The zero-order chi connectivity index (χ0) is 47.3. The third-order valence-electron chi connectivity index (χ3n) is 9.35. The Morgan fingerprint density at radius 3 is 0.836 bits per heavy atom. The molecule has 0 aliphatic rings. The van der Waals surface area contributed by atoms with Gasteiger partial charge in [0, 0.05) is 17.1 Å². The summed E-state index contributed by atoms with van der Waals surface area (Å²) in [4.78, 5) is 0.845. The third kappa shape index (κ3) is 7.00. The molecule has 0 saturated heterocycles. The average Bonchev–Trinajstić information content (AvgIpc) is 3.36. The fourth-order valence-electron chi connectivity index (χ4n) is 6.70. The van der Waals surface area contributed by atoms with Crippen LogP contribution in [0.1, 0.15) is 16.4 Å². The van der Waals surface area contributed by atoms with Crippen LogP contribution in [-0.2, 0) is 0 Å². The molecule has 9 rings (SSSR count). The van der Waals surface area contributed by atoms with Gasteiger partial charge >= 0.3 is 0 Å². The molecule has 0 aliphatic heterocycles. The Balaban J connectivity index is 1.31. The summed E-state index contributed by atoms with van der Waals surface area (Å²) in [6.07, 6.45) is 0. The summed E-state index contributed by atoms with van der Waals surface area (Å²) < 4.78 is 113. The molecule has 1 heteroatoms. The van der Waals surface area contributed by atoms with Gasteiger partial charge in [-0.2, -0.15) is 0 Å². The van der Waals surface area contributed by atoms with E-state index in [0.717, 1.165) is 32.7 Å². The van der Waals surface area contributed by atoms with Crippen molar-refractivity contribution in [3.63, 3.8) is 0 Å². The minimum absolute atomic E-state index is 0.0449. The second-order valence-corrected chi connectivity index (χ2v) is 12.7. The highest BCUT2D eigenvalue weighted by molar-refractivity contribution is 5.96. The second kappa shape index (κ2) is 15.4. The molecule has 0 aliphatic carbocycles. The average molecular weight is 714 g/mol. The van der Waals surface area contributed by atoms with Crippen molar-refractivity contribution in [2.24, 2.45) is 0 Å². The summed E-state index contributed by atoms with van der Waals surface area (Å²) in [7, 11) is 0. The Bertz CT molecular complexity index is 3180. The summed E-state index contributed by atoms with van der Waals surface area (Å²) in [5, 5.41) is 0. The monoisotopic (exact) mass is 713 g/mol. The molecular weight excluding hydrogens is 663 g/mol. The highest BCUT2D eigenvalue weighted by Gasteiger charge is 2.17. The number of anilines is 3. The number of hydrogen-bond donors (Lipinski definition) is 0. The Morgan fingerprint density at radius 2 is 0.473 bits per heavy atom. The van der Waals surface area contributed by atoms with Crippen LogP contribution < -0.4 is 4.90 Å². The molecule has 0 spiro atoms. The molecule has 0 bridgehead atoms. The minimum Gasteiger partial charge on any atom is -0.311 e. The van der Waals surface area contributed by atoms with Gasteiger partial charge in [0.1, 0.15) is 0 Å². The fraction of sp³-hybridized carbons (Fsp3) is 0. The van der Waals surface area contributed by atoms with Crippen molar-refractivity contribution >= 4 is 17.1 Å². The molecule has 55 heavy (non-hydrogen) atoms. The first-order valence-electron chi connectivity index (χ1n) is 23.9. The van der Waals surface area contributed by atoms with Crippen molar-refractivity contribution in [3.05, 3.63) is 236 Å². The van der Waals surface area contributed by atoms with E-state index < -0.39 is 89.6 Å². The zero-order valence-corrected chi connectivity index (χ0v) is 29.5. The largest absolute Gasteiger partial charge is 0.311 e. The molecule has 0 fully saturated rings. The van der Waals surface area contributed by atoms with E-state index in [1.165, 1.54) is 0 Å². The van der Waals surface area contributed by atoms with Crippen LogP contribution >= 0.6 is 0 Å². The molecule has 0 unspecified atom stereocenters. The molecule has 0 saturated carbocycles. The number of benzene rings is 9. The van der Waals surface area contributed by atoms with Crippen molar-refractivity contribution in [1.82, 2.24) is 0 Å². The van der Waals surface area contributed by atoms with E-state index in [1.807, 2.05) is 91.0 Å². The van der Waals surface area contributed by atoms with Gasteiger partial charge in [-0.25, -0.2) is 0 Å². The summed E-state index contributed by atoms with van der Waals surface area (Å²) in [5.41, 5.74) is 4.37. The lowest BCUT2D eigenvalue weighted by atomic mass is 9.87. The number of rotatable bonds is 9. The smallest absolute Gasteiger partial charge is 0.0645 e. The van der Waals surface area contributed by atoms with E-state index in [0.29, 0.717) is 22.3 Å². The van der Waals surface area contributed by atoms with Crippen LogP contribution in [0.25, 0.3) is 66.8 Å². The predicted molar refractivity (Wildman–Crippen MR) is 234 cm³/mol. The van der Waals surface area contributed by atoms with Gasteiger partial charge in [-0.3, -0.25) is 0 Å². The zero-order valence-electron chi connectivity index (χ0n) is 41.5. The van der Waals surface area contributed by atoms with Gasteiger partial charge in [-0.05, 0) is 103 Å². The molecule has 1 nitrogen and oxygen atoms in total.